The Hall–Kier alpha value is -6.39. The van der Waals surface area contributed by atoms with Crippen LogP contribution in [0.25, 0.3) is 80.0 Å². The Balaban J connectivity index is 1.36. The normalized spacial score (nSPS) is 11.5. The van der Waals surface area contributed by atoms with Gasteiger partial charge in [0.15, 0.2) is 5.69 Å². The van der Waals surface area contributed by atoms with E-state index >= 15 is 0 Å². The molecular weight excluding hydrogens is 571 g/mol. The highest BCUT2D eigenvalue weighted by Crippen LogP contribution is 2.44. The molecule has 9 rings (SSSR count). The molecular formula is C39H19N5S. The quantitative estimate of drug-likeness (QED) is 0.188. The van der Waals surface area contributed by atoms with Crippen molar-refractivity contribution in [3.63, 3.8) is 0 Å². The van der Waals surface area contributed by atoms with Gasteiger partial charge in [-0.05, 0) is 84.2 Å². The van der Waals surface area contributed by atoms with Gasteiger partial charge in [0.25, 0.3) is 0 Å². The Morgan fingerprint density at radius 1 is 0.556 bits per heavy atom. The molecule has 0 aliphatic carbocycles. The molecule has 0 N–H and O–H groups in total. The molecule has 0 radical (unpaired) electrons. The first kappa shape index (κ1) is 25.1. The van der Waals surface area contributed by atoms with Gasteiger partial charge >= 0.3 is 0 Å². The minimum absolute atomic E-state index is 0.578. The van der Waals surface area contributed by atoms with Crippen LogP contribution in [0.15, 0.2) is 115 Å². The molecule has 3 aromatic heterocycles. The van der Waals surface area contributed by atoms with Crippen molar-refractivity contribution in [3.05, 3.63) is 138 Å². The van der Waals surface area contributed by atoms with Crippen LogP contribution in [-0.4, -0.2) is 9.13 Å². The summed E-state index contributed by atoms with van der Waals surface area (Å²) in [6.07, 6.45) is 0. The van der Waals surface area contributed by atoms with E-state index in [9.17, 15) is 10.5 Å². The van der Waals surface area contributed by atoms with Crippen molar-refractivity contribution in [3.8, 4) is 23.5 Å². The van der Waals surface area contributed by atoms with Gasteiger partial charge in [-0.2, -0.15) is 10.5 Å². The lowest BCUT2D eigenvalue weighted by atomic mass is 10.1. The molecule has 6 aromatic carbocycles. The van der Waals surface area contributed by atoms with Gasteiger partial charge < -0.3 is 9.13 Å². The largest absolute Gasteiger partial charge is 0.309 e. The first-order valence-corrected chi connectivity index (χ1v) is 15.2. The maximum Gasteiger partial charge on any atom is 0.188 e. The number of rotatable bonds is 2. The third kappa shape index (κ3) is 3.51. The molecule has 0 bridgehead atoms. The molecule has 9 aromatic rings. The molecule has 45 heavy (non-hydrogen) atoms. The Bertz CT molecular complexity index is 2790. The molecule has 0 aliphatic rings. The van der Waals surface area contributed by atoms with Crippen molar-refractivity contribution in [2.75, 3.05) is 0 Å². The third-order valence-electron chi connectivity index (χ3n) is 8.75. The van der Waals surface area contributed by atoms with Crippen molar-refractivity contribution in [2.24, 2.45) is 0 Å². The number of hydrogen-bond acceptors (Lipinski definition) is 3. The van der Waals surface area contributed by atoms with Crippen molar-refractivity contribution in [2.45, 2.75) is 0 Å². The number of benzene rings is 6. The minimum Gasteiger partial charge on any atom is -0.309 e. The molecule has 206 valence electrons. The van der Waals surface area contributed by atoms with Crippen LogP contribution in [-0.2, 0) is 0 Å². The lowest BCUT2D eigenvalue weighted by Gasteiger charge is -2.13. The minimum atomic E-state index is 0.578. The number of aromatic nitrogens is 2. The fourth-order valence-corrected chi connectivity index (χ4v) is 8.09. The predicted octanol–water partition coefficient (Wildman–Crippen LogP) is 10.5. The van der Waals surface area contributed by atoms with Crippen LogP contribution in [0.3, 0.4) is 0 Å². The SMILES string of the molecule is [C-]#[N+]c1ccc2c(c1)c1c3sc4ccccc4c3ccc1n2-c1cccc(-n2c3ccc(C#N)cc3c3cc(C#N)ccc32)c1. The summed E-state index contributed by atoms with van der Waals surface area (Å²) in [7, 11) is 0. The number of nitrogens with zero attached hydrogens (tertiary/aromatic N) is 5. The van der Waals surface area contributed by atoms with Crippen LogP contribution in [0, 0.1) is 29.2 Å². The Morgan fingerprint density at radius 2 is 1.18 bits per heavy atom. The summed E-state index contributed by atoms with van der Waals surface area (Å²) >= 11 is 1.80. The van der Waals surface area contributed by atoms with Crippen LogP contribution in [0.4, 0.5) is 5.69 Å². The van der Waals surface area contributed by atoms with Crippen LogP contribution in [0.1, 0.15) is 11.1 Å². The van der Waals surface area contributed by atoms with Gasteiger partial charge in [0.1, 0.15) is 0 Å². The van der Waals surface area contributed by atoms with Crippen molar-refractivity contribution < 1.29 is 0 Å². The molecule has 0 atom stereocenters. The van der Waals surface area contributed by atoms with E-state index < -0.39 is 0 Å². The monoisotopic (exact) mass is 589 g/mol. The topological polar surface area (TPSA) is 61.8 Å². The van der Waals surface area contributed by atoms with Crippen LogP contribution >= 0.6 is 11.3 Å². The first-order valence-electron chi connectivity index (χ1n) is 14.4. The van der Waals surface area contributed by atoms with E-state index in [2.05, 4.69) is 92.8 Å². The van der Waals surface area contributed by atoms with Crippen LogP contribution in [0.5, 0.6) is 0 Å². The second-order valence-electron chi connectivity index (χ2n) is 11.1. The summed E-state index contributed by atoms with van der Waals surface area (Å²) < 4.78 is 6.96. The van der Waals surface area contributed by atoms with E-state index in [0.29, 0.717) is 16.8 Å². The number of nitriles is 2. The molecule has 3 heterocycles. The number of fused-ring (bicyclic) bond motifs is 10. The highest BCUT2D eigenvalue weighted by atomic mass is 32.1. The summed E-state index contributed by atoms with van der Waals surface area (Å²) in [6, 6.07) is 43.3. The zero-order valence-electron chi connectivity index (χ0n) is 23.6. The fourth-order valence-electron chi connectivity index (χ4n) is 6.83. The summed E-state index contributed by atoms with van der Waals surface area (Å²) in [5, 5.41) is 25.8. The Labute approximate surface area is 261 Å². The van der Waals surface area contributed by atoms with Crippen molar-refractivity contribution in [1.29, 1.82) is 10.5 Å². The molecule has 0 unspecified atom stereocenters. The van der Waals surface area contributed by atoms with E-state index in [1.54, 1.807) is 11.3 Å². The molecule has 6 heteroatoms. The second-order valence-corrected chi connectivity index (χ2v) is 12.2. The third-order valence-corrected chi connectivity index (χ3v) is 9.96. The summed E-state index contributed by atoms with van der Waals surface area (Å²) in [5.41, 5.74) is 7.80. The lowest BCUT2D eigenvalue weighted by molar-refractivity contribution is 1.13. The van der Waals surface area contributed by atoms with E-state index in [1.807, 2.05) is 48.5 Å². The van der Waals surface area contributed by atoms with E-state index in [0.717, 1.165) is 55.0 Å². The van der Waals surface area contributed by atoms with Gasteiger partial charge in [-0.25, -0.2) is 4.85 Å². The average Bonchev–Trinajstić information content (AvgIpc) is 3.74. The van der Waals surface area contributed by atoms with E-state index in [-0.39, 0.29) is 0 Å². The van der Waals surface area contributed by atoms with Crippen LogP contribution in [0.2, 0.25) is 0 Å². The Kier molecular flexibility index (Phi) is 5.20. The average molecular weight is 590 g/mol. The van der Waals surface area contributed by atoms with Crippen molar-refractivity contribution >= 4 is 80.8 Å². The van der Waals surface area contributed by atoms with E-state index in [1.165, 1.54) is 20.2 Å². The summed E-state index contributed by atoms with van der Waals surface area (Å²) in [5.74, 6) is 0. The molecule has 0 amide bonds. The Morgan fingerprint density at radius 3 is 1.87 bits per heavy atom. The standard InChI is InChI=1S/C39H19N5S/c1-42-25-11-15-35-32(19-25)38-36(16-12-29-28-7-2-3-8-37(28)45-39(29)38)44(35)27-6-4-5-26(20-27)43-33-13-9-23(21-40)17-30(33)31-18-24(22-41)10-14-34(31)43/h2-20H. The van der Waals surface area contributed by atoms with E-state index in [4.69, 9.17) is 6.57 Å². The maximum atomic E-state index is 9.62. The zero-order valence-corrected chi connectivity index (χ0v) is 24.4. The highest BCUT2D eigenvalue weighted by Gasteiger charge is 2.19. The van der Waals surface area contributed by atoms with Gasteiger partial charge in [0, 0.05) is 47.7 Å². The second kappa shape index (κ2) is 9.30. The van der Waals surface area contributed by atoms with Gasteiger partial charge in [0.2, 0.25) is 0 Å². The first-order chi connectivity index (χ1) is 22.2. The van der Waals surface area contributed by atoms with Gasteiger partial charge in [0.05, 0.1) is 51.9 Å². The predicted molar refractivity (Wildman–Crippen MR) is 184 cm³/mol. The van der Waals surface area contributed by atoms with Gasteiger partial charge in [-0.15, -0.1) is 11.3 Å². The fraction of sp³-hybridized carbons (Fsp3) is 0. The highest BCUT2D eigenvalue weighted by molar-refractivity contribution is 7.26. The molecule has 0 aliphatic heterocycles. The molecule has 5 nitrogen and oxygen atoms in total. The number of hydrogen-bond donors (Lipinski definition) is 0. The van der Waals surface area contributed by atoms with Gasteiger partial charge in [-0.1, -0.05) is 36.4 Å². The van der Waals surface area contributed by atoms with Crippen molar-refractivity contribution in [1.82, 2.24) is 9.13 Å². The lowest BCUT2D eigenvalue weighted by Crippen LogP contribution is -1.98. The molecule has 0 saturated carbocycles. The van der Waals surface area contributed by atoms with Crippen LogP contribution < -0.4 is 0 Å². The zero-order chi connectivity index (χ0) is 30.2. The van der Waals surface area contributed by atoms with Gasteiger partial charge in [-0.3, -0.25) is 0 Å². The summed E-state index contributed by atoms with van der Waals surface area (Å²) in [6.45, 7) is 7.72. The number of thiophene rings is 1. The summed E-state index contributed by atoms with van der Waals surface area (Å²) in [4.78, 5) is 3.76. The molecule has 0 saturated heterocycles. The maximum absolute atomic E-state index is 9.62. The molecule has 0 spiro atoms. The molecule has 0 fully saturated rings. The smallest absolute Gasteiger partial charge is 0.188 e.